The number of carboxylic acids is 1. The Morgan fingerprint density at radius 2 is 2.29 bits per heavy atom. The van der Waals surface area contributed by atoms with Crippen LogP contribution >= 0.6 is 27.7 Å². The monoisotopic (exact) mass is 317 g/mol. The summed E-state index contributed by atoms with van der Waals surface area (Å²) in [6, 6.07) is 5.11. The zero-order chi connectivity index (χ0) is 12.7. The summed E-state index contributed by atoms with van der Waals surface area (Å²) in [5.41, 5.74) is 1.39. The number of aromatic carboxylic acids is 1. The molecule has 3 nitrogen and oxygen atoms in total. The predicted octanol–water partition coefficient (Wildman–Crippen LogP) is 2.99. The molecule has 0 unspecified atom stereocenters. The molecule has 0 aliphatic rings. The fourth-order valence-electron chi connectivity index (χ4n) is 1.39. The van der Waals surface area contributed by atoms with Crippen LogP contribution in [0.25, 0.3) is 0 Å². The second-order valence-electron chi connectivity index (χ2n) is 3.63. The summed E-state index contributed by atoms with van der Waals surface area (Å²) >= 11 is 5.23. The van der Waals surface area contributed by atoms with Gasteiger partial charge in [-0.3, -0.25) is 0 Å². The Kier molecular flexibility index (Phi) is 6.62. The van der Waals surface area contributed by atoms with Crippen LogP contribution in [0.15, 0.2) is 22.7 Å². The maximum absolute atomic E-state index is 10.8. The molecule has 1 aromatic rings. The molecule has 2 N–H and O–H groups in total. The van der Waals surface area contributed by atoms with E-state index >= 15 is 0 Å². The van der Waals surface area contributed by atoms with Gasteiger partial charge in [-0.25, -0.2) is 4.79 Å². The van der Waals surface area contributed by atoms with Crippen LogP contribution in [0, 0.1) is 0 Å². The molecular weight excluding hydrogens is 302 g/mol. The molecule has 1 aromatic carbocycles. The lowest BCUT2D eigenvalue weighted by atomic mass is 10.1. The van der Waals surface area contributed by atoms with Gasteiger partial charge in [-0.2, -0.15) is 11.8 Å². The molecular formula is C12H16BrNO2S. The van der Waals surface area contributed by atoms with E-state index in [-0.39, 0.29) is 0 Å². The van der Waals surface area contributed by atoms with Crippen LogP contribution in [-0.4, -0.2) is 29.6 Å². The second kappa shape index (κ2) is 7.74. The summed E-state index contributed by atoms with van der Waals surface area (Å²) in [7, 11) is 0. The Morgan fingerprint density at radius 1 is 1.53 bits per heavy atom. The van der Waals surface area contributed by atoms with E-state index in [0.29, 0.717) is 5.56 Å². The number of halogens is 1. The quantitative estimate of drug-likeness (QED) is 0.759. The SMILES string of the molecule is CSCCCNCc1ccc(C(=O)O)cc1Br. The zero-order valence-electron chi connectivity index (χ0n) is 9.70. The van der Waals surface area contributed by atoms with E-state index in [1.807, 2.05) is 17.8 Å². The van der Waals surface area contributed by atoms with Gasteiger partial charge in [0.1, 0.15) is 0 Å². The first-order chi connectivity index (χ1) is 8.15. The highest BCUT2D eigenvalue weighted by molar-refractivity contribution is 9.10. The number of carbonyl (C=O) groups is 1. The Hall–Kier alpha value is -0.520. The number of rotatable bonds is 7. The summed E-state index contributed by atoms with van der Waals surface area (Å²) in [4.78, 5) is 10.8. The van der Waals surface area contributed by atoms with E-state index in [2.05, 4.69) is 27.5 Å². The lowest BCUT2D eigenvalue weighted by Crippen LogP contribution is -2.15. The summed E-state index contributed by atoms with van der Waals surface area (Å²) in [5, 5.41) is 12.2. The molecule has 0 bridgehead atoms. The van der Waals surface area contributed by atoms with Gasteiger partial charge in [0.15, 0.2) is 0 Å². The van der Waals surface area contributed by atoms with E-state index < -0.39 is 5.97 Å². The molecule has 5 heteroatoms. The van der Waals surface area contributed by atoms with E-state index in [4.69, 9.17) is 5.11 Å². The molecule has 1 rings (SSSR count). The highest BCUT2D eigenvalue weighted by Crippen LogP contribution is 2.18. The van der Waals surface area contributed by atoms with Crippen LogP contribution in [0.3, 0.4) is 0 Å². The summed E-state index contributed by atoms with van der Waals surface area (Å²) in [6.07, 6.45) is 3.24. The minimum atomic E-state index is -0.898. The molecule has 0 aliphatic carbocycles. The van der Waals surface area contributed by atoms with E-state index in [1.54, 1.807) is 12.1 Å². The Labute approximate surface area is 114 Å². The second-order valence-corrected chi connectivity index (χ2v) is 5.47. The summed E-state index contributed by atoms with van der Waals surface area (Å²) < 4.78 is 0.842. The average molecular weight is 318 g/mol. The van der Waals surface area contributed by atoms with Crippen molar-refractivity contribution in [1.82, 2.24) is 5.32 Å². The van der Waals surface area contributed by atoms with E-state index in [1.165, 1.54) is 0 Å². The molecule has 0 heterocycles. The smallest absolute Gasteiger partial charge is 0.335 e. The van der Waals surface area contributed by atoms with Crippen molar-refractivity contribution in [2.24, 2.45) is 0 Å². The van der Waals surface area contributed by atoms with Crippen LogP contribution in [0.2, 0.25) is 0 Å². The number of thioether (sulfide) groups is 1. The van der Waals surface area contributed by atoms with Crippen molar-refractivity contribution in [3.05, 3.63) is 33.8 Å². The van der Waals surface area contributed by atoms with Crippen molar-refractivity contribution in [3.63, 3.8) is 0 Å². The fourth-order valence-corrected chi connectivity index (χ4v) is 2.34. The van der Waals surface area contributed by atoms with Crippen molar-refractivity contribution in [2.45, 2.75) is 13.0 Å². The molecule has 0 fully saturated rings. The van der Waals surface area contributed by atoms with Crippen LogP contribution in [0.1, 0.15) is 22.3 Å². The van der Waals surface area contributed by atoms with Crippen molar-refractivity contribution < 1.29 is 9.90 Å². The first kappa shape index (κ1) is 14.5. The normalized spacial score (nSPS) is 10.5. The first-order valence-corrected chi connectivity index (χ1v) is 7.55. The van der Waals surface area contributed by atoms with Gasteiger partial charge in [0.25, 0.3) is 0 Å². The number of benzene rings is 1. The number of carboxylic acid groups (broad SMARTS) is 1. The van der Waals surface area contributed by atoms with Gasteiger partial charge in [-0.15, -0.1) is 0 Å². The molecule has 94 valence electrons. The van der Waals surface area contributed by atoms with Crippen LogP contribution < -0.4 is 5.32 Å². The highest BCUT2D eigenvalue weighted by atomic mass is 79.9. The number of hydrogen-bond donors (Lipinski definition) is 2. The third-order valence-electron chi connectivity index (χ3n) is 2.32. The average Bonchev–Trinajstić information content (AvgIpc) is 2.30. The first-order valence-electron chi connectivity index (χ1n) is 5.36. The Morgan fingerprint density at radius 3 is 2.88 bits per heavy atom. The van der Waals surface area contributed by atoms with E-state index in [0.717, 1.165) is 35.3 Å². The molecule has 17 heavy (non-hydrogen) atoms. The third kappa shape index (κ3) is 5.10. The molecule has 0 amide bonds. The number of hydrogen-bond acceptors (Lipinski definition) is 3. The lowest BCUT2D eigenvalue weighted by molar-refractivity contribution is 0.0697. The molecule has 0 atom stereocenters. The van der Waals surface area contributed by atoms with E-state index in [9.17, 15) is 4.79 Å². The van der Waals surface area contributed by atoms with Crippen LogP contribution in [0.4, 0.5) is 0 Å². The minimum Gasteiger partial charge on any atom is -0.478 e. The molecule has 0 aromatic heterocycles. The standard InChI is InChI=1S/C12H16BrNO2S/c1-17-6-2-5-14-8-10-4-3-9(12(15)16)7-11(10)13/h3-4,7,14H,2,5-6,8H2,1H3,(H,15,16). The van der Waals surface area contributed by atoms with Gasteiger partial charge >= 0.3 is 5.97 Å². The maximum Gasteiger partial charge on any atom is 0.335 e. The van der Waals surface area contributed by atoms with Crippen molar-refractivity contribution in [2.75, 3.05) is 18.6 Å². The van der Waals surface area contributed by atoms with Crippen molar-refractivity contribution in [3.8, 4) is 0 Å². The van der Waals surface area contributed by atoms with Gasteiger partial charge in [-0.1, -0.05) is 22.0 Å². The topological polar surface area (TPSA) is 49.3 Å². The summed E-state index contributed by atoms with van der Waals surface area (Å²) in [5.74, 6) is 0.261. The molecule has 0 radical (unpaired) electrons. The van der Waals surface area contributed by atoms with Gasteiger partial charge in [-0.05, 0) is 42.7 Å². The van der Waals surface area contributed by atoms with Gasteiger partial charge in [0.05, 0.1) is 5.56 Å². The Balaban J connectivity index is 2.46. The molecule has 0 aliphatic heterocycles. The van der Waals surface area contributed by atoms with Crippen molar-refractivity contribution in [1.29, 1.82) is 0 Å². The minimum absolute atomic E-state index is 0.308. The fraction of sp³-hybridized carbons (Fsp3) is 0.417. The van der Waals surface area contributed by atoms with Gasteiger partial charge in [0.2, 0.25) is 0 Å². The van der Waals surface area contributed by atoms with Gasteiger partial charge in [0, 0.05) is 11.0 Å². The third-order valence-corrected chi connectivity index (χ3v) is 3.75. The predicted molar refractivity (Wildman–Crippen MR) is 75.8 cm³/mol. The molecule has 0 spiro atoms. The van der Waals surface area contributed by atoms with Crippen molar-refractivity contribution >= 4 is 33.7 Å². The Bertz CT molecular complexity index is 385. The van der Waals surface area contributed by atoms with Gasteiger partial charge < -0.3 is 10.4 Å². The molecule has 0 saturated carbocycles. The largest absolute Gasteiger partial charge is 0.478 e. The maximum atomic E-state index is 10.8. The number of nitrogens with one attached hydrogen (secondary N) is 1. The van der Waals surface area contributed by atoms with Crippen LogP contribution in [-0.2, 0) is 6.54 Å². The van der Waals surface area contributed by atoms with Crippen LogP contribution in [0.5, 0.6) is 0 Å². The zero-order valence-corrected chi connectivity index (χ0v) is 12.1. The highest BCUT2D eigenvalue weighted by Gasteiger charge is 2.06. The summed E-state index contributed by atoms with van der Waals surface area (Å²) in [6.45, 7) is 1.74. The molecule has 0 saturated heterocycles. The lowest BCUT2D eigenvalue weighted by Gasteiger charge is -2.07.